The Morgan fingerprint density at radius 3 is 2.68 bits per heavy atom. The molecule has 3 N–H and O–H groups in total. The highest BCUT2D eigenvalue weighted by atomic mass is 19.1. The van der Waals surface area contributed by atoms with E-state index >= 15 is 0 Å². The average molecular weight is 306 g/mol. The van der Waals surface area contributed by atoms with Crippen LogP contribution in [0, 0.1) is 12.7 Å². The van der Waals surface area contributed by atoms with Gasteiger partial charge in [-0.25, -0.2) is 4.39 Å². The van der Waals surface area contributed by atoms with Gasteiger partial charge in [0, 0.05) is 18.8 Å². The summed E-state index contributed by atoms with van der Waals surface area (Å²) in [4.78, 5) is 4.21. The standard InChI is InChI=1S/C16H19FN2O3/c1-11-2-7-16(21)15(19-11)9-18-8-13(20)10-22-14-5-3-12(17)4-6-14/h2-7,13,18,20-21H,8-10H2,1H3. The van der Waals surface area contributed by atoms with E-state index in [0.29, 0.717) is 18.0 Å². The molecule has 6 heteroatoms. The highest BCUT2D eigenvalue weighted by Gasteiger charge is 2.07. The fourth-order valence-corrected chi connectivity index (χ4v) is 1.87. The summed E-state index contributed by atoms with van der Waals surface area (Å²) in [5, 5.41) is 22.5. The molecule has 1 aromatic carbocycles. The van der Waals surface area contributed by atoms with Gasteiger partial charge in [0.1, 0.15) is 30.0 Å². The number of aromatic nitrogens is 1. The van der Waals surface area contributed by atoms with Crippen molar-refractivity contribution < 1.29 is 19.3 Å². The van der Waals surface area contributed by atoms with Crippen LogP contribution in [0.5, 0.6) is 11.5 Å². The van der Waals surface area contributed by atoms with Crippen molar-refractivity contribution in [3.63, 3.8) is 0 Å². The maximum Gasteiger partial charge on any atom is 0.138 e. The Bertz CT molecular complexity index is 605. The van der Waals surface area contributed by atoms with Crippen LogP contribution >= 0.6 is 0 Å². The van der Waals surface area contributed by atoms with Gasteiger partial charge < -0.3 is 20.3 Å². The Kier molecular flexibility index (Phi) is 5.68. The van der Waals surface area contributed by atoms with Crippen molar-refractivity contribution in [1.29, 1.82) is 0 Å². The molecule has 118 valence electrons. The molecule has 0 aliphatic heterocycles. The number of ether oxygens (including phenoxy) is 1. The zero-order valence-electron chi connectivity index (χ0n) is 12.3. The number of aliphatic hydroxyl groups is 1. The first kappa shape index (κ1) is 16.2. The topological polar surface area (TPSA) is 74.6 Å². The summed E-state index contributed by atoms with van der Waals surface area (Å²) in [7, 11) is 0. The molecule has 1 atom stereocenters. The Morgan fingerprint density at radius 2 is 1.95 bits per heavy atom. The lowest BCUT2D eigenvalue weighted by Crippen LogP contribution is -2.31. The molecule has 0 aliphatic rings. The molecule has 22 heavy (non-hydrogen) atoms. The zero-order chi connectivity index (χ0) is 15.9. The molecule has 0 bridgehead atoms. The highest BCUT2D eigenvalue weighted by molar-refractivity contribution is 5.27. The van der Waals surface area contributed by atoms with E-state index in [1.54, 1.807) is 12.1 Å². The molecule has 2 rings (SSSR count). The number of rotatable bonds is 7. The third-order valence-electron chi connectivity index (χ3n) is 3.02. The summed E-state index contributed by atoms with van der Waals surface area (Å²) in [5.41, 5.74) is 1.35. The quantitative estimate of drug-likeness (QED) is 0.727. The zero-order valence-corrected chi connectivity index (χ0v) is 12.3. The third kappa shape index (κ3) is 4.98. The number of hydrogen-bond acceptors (Lipinski definition) is 5. The second kappa shape index (κ2) is 7.72. The van der Waals surface area contributed by atoms with Crippen molar-refractivity contribution in [3.8, 4) is 11.5 Å². The van der Waals surface area contributed by atoms with Crippen LogP contribution in [0.2, 0.25) is 0 Å². The minimum Gasteiger partial charge on any atom is -0.506 e. The molecule has 0 spiro atoms. The normalized spacial score (nSPS) is 12.1. The lowest BCUT2D eigenvalue weighted by atomic mass is 10.2. The number of nitrogens with zero attached hydrogens (tertiary/aromatic N) is 1. The van der Waals surface area contributed by atoms with Gasteiger partial charge in [-0.15, -0.1) is 0 Å². The summed E-state index contributed by atoms with van der Waals surface area (Å²) < 4.78 is 18.1. The lowest BCUT2D eigenvalue weighted by Gasteiger charge is -2.13. The number of aliphatic hydroxyl groups excluding tert-OH is 1. The molecule has 5 nitrogen and oxygen atoms in total. The summed E-state index contributed by atoms with van der Waals surface area (Å²) in [6.07, 6.45) is -0.725. The first-order chi connectivity index (χ1) is 10.5. The SMILES string of the molecule is Cc1ccc(O)c(CNCC(O)COc2ccc(F)cc2)n1. The predicted molar refractivity (Wildman–Crippen MR) is 80.2 cm³/mol. The molecule has 0 fully saturated rings. The average Bonchev–Trinajstić information content (AvgIpc) is 2.50. The summed E-state index contributed by atoms with van der Waals surface area (Å²) in [6, 6.07) is 8.92. The smallest absolute Gasteiger partial charge is 0.138 e. The van der Waals surface area contributed by atoms with Gasteiger partial charge in [0.2, 0.25) is 0 Å². The van der Waals surface area contributed by atoms with Gasteiger partial charge in [-0.1, -0.05) is 0 Å². The van der Waals surface area contributed by atoms with Crippen LogP contribution < -0.4 is 10.1 Å². The Labute approximate surface area is 128 Å². The number of pyridine rings is 1. The molecule has 1 unspecified atom stereocenters. The molecule has 1 heterocycles. The van der Waals surface area contributed by atoms with E-state index in [4.69, 9.17) is 4.74 Å². The van der Waals surface area contributed by atoms with Gasteiger partial charge in [0.15, 0.2) is 0 Å². The van der Waals surface area contributed by atoms with Crippen molar-refractivity contribution >= 4 is 0 Å². The molecule has 0 radical (unpaired) electrons. The van der Waals surface area contributed by atoms with Crippen molar-refractivity contribution in [2.45, 2.75) is 19.6 Å². The number of halogens is 1. The van der Waals surface area contributed by atoms with Crippen molar-refractivity contribution in [3.05, 3.63) is 53.6 Å². The molecule has 2 aromatic rings. The Hall–Kier alpha value is -2.18. The van der Waals surface area contributed by atoms with E-state index < -0.39 is 6.10 Å². The minimum absolute atomic E-state index is 0.0891. The van der Waals surface area contributed by atoms with Crippen LogP contribution in [0.4, 0.5) is 4.39 Å². The largest absolute Gasteiger partial charge is 0.506 e. The third-order valence-corrected chi connectivity index (χ3v) is 3.02. The summed E-state index contributed by atoms with van der Waals surface area (Å²) in [6.45, 7) is 2.57. The molecular weight excluding hydrogens is 287 g/mol. The lowest BCUT2D eigenvalue weighted by molar-refractivity contribution is 0.106. The van der Waals surface area contributed by atoms with E-state index in [9.17, 15) is 14.6 Å². The van der Waals surface area contributed by atoms with Crippen LogP contribution in [0.15, 0.2) is 36.4 Å². The number of nitrogens with one attached hydrogen (secondary N) is 1. The van der Waals surface area contributed by atoms with Crippen LogP contribution in [0.3, 0.4) is 0 Å². The fraction of sp³-hybridized carbons (Fsp3) is 0.312. The summed E-state index contributed by atoms with van der Waals surface area (Å²) >= 11 is 0. The monoisotopic (exact) mass is 306 g/mol. The molecule has 0 amide bonds. The maximum absolute atomic E-state index is 12.7. The number of aryl methyl sites for hydroxylation is 1. The minimum atomic E-state index is -0.725. The van der Waals surface area contributed by atoms with Crippen molar-refractivity contribution in [1.82, 2.24) is 10.3 Å². The molecular formula is C16H19FN2O3. The van der Waals surface area contributed by atoms with Gasteiger partial charge in [0.05, 0.1) is 5.69 Å². The van der Waals surface area contributed by atoms with Crippen molar-refractivity contribution in [2.24, 2.45) is 0 Å². The van der Waals surface area contributed by atoms with E-state index in [1.165, 1.54) is 24.3 Å². The van der Waals surface area contributed by atoms with Gasteiger partial charge in [-0.05, 0) is 43.3 Å². The highest BCUT2D eigenvalue weighted by Crippen LogP contribution is 2.14. The maximum atomic E-state index is 12.7. The predicted octanol–water partition coefficient (Wildman–Crippen LogP) is 1.76. The number of benzene rings is 1. The number of aromatic hydroxyl groups is 1. The Morgan fingerprint density at radius 1 is 1.23 bits per heavy atom. The fourth-order valence-electron chi connectivity index (χ4n) is 1.87. The first-order valence-corrected chi connectivity index (χ1v) is 6.97. The Balaban J connectivity index is 1.72. The first-order valence-electron chi connectivity index (χ1n) is 6.97. The number of hydrogen-bond donors (Lipinski definition) is 3. The van der Waals surface area contributed by atoms with E-state index in [1.807, 2.05) is 6.92 Å². The summed E-state index contributed by atoms with van der Waals surface area (Å²) in [5.74, 6) is 0.286. The van der Waals surface area contributed by atoms with Gasteiger partial charge >= 0.3 is 0 Å². The second-order valence-corrected chi connectivity index (χ2v) is 4.97. The van der Waals surface area contributed by atoms with E-state index in [0.717, 1.165) is 5.69 Å². The second-order valence-electron chi connectivity index (χ2n) is 4.97. The molecule has 1 aromatic heterocycles. The van der Waals surface area contributed by atoms with Crippen molar-refractivity contribution in [2.75, 3.05) is 13.2 Å². The van der Waals surface area contributed by atoms with Gasteiger partial charge in [-0.2, -0.15) is 0 Å². The molecule has 0 saturated carbocycles. The van der Waals surface area contributed by atoms with Crippen LogP contribution in [-0.4, -0.2) is 34.5 Å². The van der Waals surface area contributed by atoms with Gasteiger partial charge in [0.25, 0.3) is 0 Å². The van der Waals surface area contributed by atoms with Crippen LogP contribution in [-0.2, 0) is 6.54 Å². The van der Waals surface area contributed by atoms with Crippen LogP contribution in [0.25, 0.3) is 0 Å². The molecule has 0 saturated heterocycles. The van der Waals surface area contributed by atoms with Crippen LogP contribution in [0.1, 0.15) is 11.4 Å². The van der Waals surface area contributed by atoms with Gasteiger partial charge in [-0.3, -0.25) is 4.98 Å². The molecule has 0 aliphatic carbocycles. The van der Waals surface area contributed by atoms with E-state index in [2.05, 4.69) is 10.3 Å². The van der Waals surface area contributed by atoms with E-state index in [-0.39, 0.29) is 24.7 Å².